The third-order valence-corrected chi connectivity index (χ3v) is 3.78. The number of benzene rings is 2. The van der Waals surface area contributed by atoms with Crippen LogP contribution in [-0.4, -0.2) is 12.2 Å². The number of pyridine rings is 1. The van der Waals surface area contributed by atoms with E-state index in [2.05, 4.69) is 11.1 Å². The summed E-state index contributed by atoms with van der Waals surface area (Å²) in [4.78, 5) is 3.04. The molecule has 4 N–H and O–H groups in total. The molecule has 0 radical (unpaired) electrons. The van der Waals surface area contributed by atoms with Crippen molar-refractivity contribution in [3.05, 3.63) is 60.2 Å². The average Bonchev–Trinajstić information content (AvgIpc) is 2.61. The van der Waals surface area contributed by atoms with Crippen LogP contribution < -0.4 is 15.5 Å². The van der Waals surface area contributed by atoms with Gasteiger partial charge in [0.15, 0.2) is 0 Å². The number of phenolic OH excluding ortho intramolecular Hbond substituents is 1. The van der Waals surface area contributed by atoms with Gasteiger partial charge in [0.05, 0.1) is 7.11 Å². The predicted octanol–water partition coefficient (Wildman–Crippen LogP) is 3.00. The molecule has 0 bridgehead atoms. The van der Waals surface area contributed by atoms with Gasteiger partial charge >= 0.3 is 0 Å². The Labute approximate surface area is 139 Å². The van der Waals surface area contributed by atoms with Crippen LogP contribution in [0.2, 0.25) is 0 Å². The van der Waals surface area contributed by atoms with Crippen molar-refractivity contribution < 1.29 is 14.8 Å². The number of hydrogen-bond acceptors (Lipinski definition) is 4. The second-order valence-electron chi connectivity index (χ2n) is 5.24. The van der Waals surface area contributed by atoms with Crippen LogP contribution in [0.25, 0.3) is 22.4 Å². The molecule has 2 aromatic carbocycles. The summed E-state index contributed by atoms with van der Waals surface area (Å²) in [7, 11) is 1.59. The number of nitrogens with zero attached hydrogens (tertiary/aromatic N) is 1. The zero-order valence-corrected chi connectivity index (χ0v) is 13.1. The van der Waals surface area contributed by atoms with Gasteiger partial charge in [0.2, 0.25) is 0 Å². The van der Waals surface area contributed by atoms with Gasteiger partial charge in [0.1, 0.15) is 28.8 Å². The highest BCUT2D eigenvalue weighted by molar-refractivity contribution is 5.81. The van der Waals surface area contributed by atoms with Crippen molar-refractivity contribution in [1.29, 1.82) is 5.26 Å². The Balaban J connectivity index is 2.25. The second kappa shape index (κ2) is 6.31. The first-order valence-electron chi connectivity index (χ1n) is 7.32. The molecule has 0 atom stereocenters. The van der Waals surface area contributed by atoms with Crippen molar-refractivity contribution in [1.82, 2.24) is 0 Å². The number of nitrogen functional groups attached to an aromatic ring is 1. The molecule has 118 valence electrons. The van der Waals surface area contributed by atoms with E-state index < -0.39 is 0 Å². The molecule has 0 aliphatic rings. The van der Waals surface area contributed by atoms with Crippen LogP contribution in [-0.2, 0) is 0 Å². The van der Waals surface area contributed by atoms with E-state index >= 15 is 0 Å². The number of aromatic amines is 1. The van der Waals surface area contributed by atoms with Crippen molar-refractivity contribution in [3.63, 3.8) is 0 Å². The van der Waals surface area contributed by atoms with Crippen LogP contribution in [0, 0.1) is 11.3 Å². The third kappa shape index (κ3) is 2.73. The number of nitrogens with one attached hydrogen (secondary N) is 1. The number of methoxy groups -OCH3 is 1. The number of ether oxygens (including phenoxy) is 1. The van der Waals surface area contributed by atoms with E-state index in [-0.39, 0.29) is 11.6 Å². The van der Waals surface area contributed by atoms with Crippen molar-refractivity contribution in [2.45, 2.75) is 0 Å². The Bertz CT molecular complexity index is 928. The van der Waals surface area contributed by atoms with E-state index in [4.69, 9.17) is 10.5 Å². The molecule has 0 saturated heterocycles. The number of hydrogen-bond donors (Lipinski definition) is 2. The Morgan fingerprint density at radius 3 is 2.46 bits per heavy atom. The molecular weight excluding hydrogens is 302 g/mol. The molecule has 0 saturated carbocycles. The standard InChI is InChI=1S/C19H15N3O2/c1-24-18-5-3-2-4-14(18)15-10-17(22-19(21)16(15)11-20)12-6-8-13(23)9-7-12/h2-10,23H,1H3,(H2,21,22)/p+1. The fourth-order valence-electron chi connectivity index (χ4n) is 2.60. The van der Waals surface area contributed by atoms with Gasteiger partial charge in [-0.25, -0.2) is 4.98 Å². The fraction of sp³-hybridized carbons (Fsp3) is 0.0526. The quantitative estimate of drug-likeness (QED) is 0.776. The van der Waals surface area contributed by atoms with Gasteiger partial charge in [-0.3, -0.25) is 5.73 Å². The van der Waals surface area contributed by atoms with Gasteiger partial charge in [-0.15, -0.1) is 0 Å². The second-order valence-corrected chi connectivity index (χ2v) is 5.24. The molecule has 0 aliphatic carbocycles. The molecule has 1 aromatic heterocycles. The summed E-state index contributed by atoms with van der Waals surface area (Å²) >= 11 is 0. The van der Waals surface area contributed by atoms with Crippen molar-refractivity contribution in [3.8, 4) is 40.0 Å². The summed E-state index contributed by atoms with van der Waals surface area (Å²) < 4.78 is 5.41. The predicted molar refractivity (Wildman–Crippen MR) is 91.2 cm³/mol. The van der Waals surface area contributed by atoms with Crippen LogP contribution in [0.3, 0.4) is 0 Å². The number of nitrogens with two attached hydrogens (primary N) is 1. The normalized spacial score (nSPS) is 10.2. The summed E-state index contributed by atoms with van der Waals surface area (Å²) in [6, 6.07) is 18.2. The zero-order valence-electron chi connectivity index (χ0n) is 13.1. The summed E-state index contributed by atoms with van der Waals surface area (Å²) in [6.07, 6.45) is 0. The highest BCUT2D eigenvalue weighted by atomic mass is 16.5. The third-order valence-electron chi connectivity index (χ3n) is 3.78. The smallest absolute Gasteiger partial charge is 0.289 e. The van der Waals surface area contributed by atoms with Crippen molar-refractivity contribution in [2.24, 2.45) is 0 Å². The van der Waals surface area contributed by atoms with Crippen LogP contribution in [0.1, 0.15) is 5.56 Å². The zero-order chi connectivity index (χ0) is 17.1. The van der Waals surface area contributed by atoms with Gasteiger partial charge in [0, 0.05) is 16.7 Å². The molecule has 3 aromatic rings. The molecular formula is C19H16N3O2+. The molecule has 0 unspecified atom stereocenters. The Hall–Kier alpha value is -3.52. The van der Waals surface area contributed by atoms with Gasteiger partial charge < -0.3 is 9.84 Å². The molecule has 0 aliphatic heterocycles. The van der Waals surface area contributed by atoms with Gasteiger partial charge in [-0.2, -0.15) is 5.26 Å². The lowest BCUT2D eigenvalue weighted by molar-refractivity contribution is -0.346. The number of H-pyrrole nitrogens is 1. The van der Waals surface area contributed by atoms with Gasteiger partial charge in [0.25, 0.3) is 5.82 Å². The maximum atomic E-state index is 9.50. The van der Waals surface area contributed by atoms with Crippen LogP contribution in [0.5, 0.6) is 11.5 Å². The Morgan fingerprint density at radius 1 is 1.08 bits per heavy atom. The van der Waals surface area contributed by atoms with E-state index in [1.807, 2.05) is 30.3 Å². The first-order chi connectivity index (χ1) is 11.6. The molecule has 3 rings (SSSR count). The molecule has 5 nitrogen and oxygen atoms in total. The SMILES string of the molecule is COc1ccccc1-c1cc(-c2ccc(O)cc2)[nH+]c(N)c1C#N. The van der Waals surface area contributed by atoms with E-state index in [0.717, 1.165) is 16.8 Å². The number of aromatic nitrogens is 1. The number of phenols is 1. The molecule has 0 fully saturated rings. The van der Waals surface area contributed by atoms with E-state index in [1.165, 1.54) is 0 Å². The lowest BCUT2D eigenvalue weighted by atomic mass is 9.97. The Morgan fingerprint density at radius 2 is 1.79 bits per heavy atom. The van der Waals surface area contributed by atoms with Gasteiger partial charge in [-0.05, 0) is 36.4 Å². The van der Waals surface area contributed by atoms with Crippen LogP contribution in [0.15, 0.2) is 54.6 Å². The maximum Gasteiger partial charge on any atom is 0.289 e. The average molecular weight is 318 g/mol. The highest BCUT2D eigenvalue weighted by Gasteiger charge is 2.19. The largest absolute Gasteiger partial charge is 0.508 e. The lowest BCUT2D eigenvalue weighted by Gasteiger charge is -2.11. The monoisotopic (exact) mass is 318 g/mol. The first-order valence-corrected chi connectivity index (χ1v) is 7.32. The summed E-state index contributed by atoms with van der Waals surface area (Å²) in [5, 5.41) is 18.9. The Kier molecular flexibility index (Phi) is 4.04. The fourth-order valence-corrected chi connectivity index (χ4v) is 2.60. The highest BCUT2D eigenvalue weighted by Crippen LogP contribution is 2.35. The lowest BCUT2D eigenvalue weighted by Crippen LogP contribution is -2.16. The topological polar surface area (TPSA) is 93.4 Å². The number of aromatic hydroxyl groups is 1. The molecule has 24 heavy (non-hydrogen) atoms. The molecule has 0 amide bonds. The minimum atomic E-state index is 0.185. The van der Waals surface area contributed by atoms with Gasteiger partial charge in [-0.1, -0.05) is 18.2 Å². The summed E-state index contributed by atoms with van der Waals surface area (Å²) in [5.74, 6) is 1.13. The summed E-state index contributed by atoms with van der Waals surface area (Å²) in [6.45, 7) is 0. The first kappa shape index (κ1) is 15.4. The summed E-state index contributed by atoms with van der Waals surface area (Å²) in [5.41, 5.74) is 9.49. The van der Waals surface area contributed by atoms with Crippen LogP contribution in [0.4, 0.5) is 5.82 Å². The number of nitriles is 1. The number of para-hydroxylation sites is 1. The van der Waals surface area contributed by atoms with E-state index in [9.17, 15) is 10.4 Å². The van der Waals surface area contributed by atoms with Crippen molar-refractivity contribution in [2.75, 3.05) is 12.8 Å². The molecule has 0 spiro atoms. The van der Waals surface area contributed by atoms with Crippen LogP contribution >= 0.6 is 0 Å². The minimum Gasteiger partial charge on any atom is -0.508 e. The number of anilines is 1. The van der Waals surface area contributed by atoms with E-state index in [0.29, 0.717) is 16.9 Å². The maximum absolute atomic E-state index is 9.50. The minimum absolute atomic E-state index is 0.185. The molecule has 1 heterocycles. The van der Waals surface area contributed by atoms with E-state index in [1.54, 1.807) is 31.4 Å². The molecule has 5 heteroatoms. The number of rotatable bonds is 3. The van der Waals surface area contributed by atoms with Crippen molar-refractivity contribution >= 4 is 5.82 Å².